The Bertz CT molecular complexity index is 779. The van der Waals surface area contributed by atoms with Crippen molar-refractivity contribution in [3.8, 4) is 0 Å². The summed E-state index contributed by atoms with van der Waals surface area (Å²) in [7, 11) is 0. The van der Waals surface area contributed by atoms with Crippen molar-refractivity contribution in [1.82, 2.24) is 15.0 Å². The zero-order valence-corrected chi connectivity index (χ0v) is 11.7. The van der Waals surface area contributed by atoms with Crippen molar-refractivity contribution >= 4 is 17.1 Å². The van der Waals surface area contributed by atoms with Gasteiger partial charge in [-0.15, -0.1) is 0 Å². The number of amides is 2. The molecule has 21 heavy (non-hydrogen) atoms. The van der Waals surface area contributed by atoms with Crippen LogP contribution in [0.1, 0.15) is 11.1 Å². The van der Waals surface area contributed by atoms with Crippen LogP contribution in [0.2, 0.25) is 0 Å². The number of rotatable bonds is 3. The van der Waals surface area contributed by atoms with Crippen molar-refractivity contribution in [3.63, 3.8) is 0 Å². The van der Waals surface area contributed by atoms with Gasteiger partial charge in [0, 0.05) is 6.54 Å². The first-order valence-corrected chi connectivity index (χ1v) is 6.75. The van der Waals surface area contributed by atoms with Gasteiger partial charge < -0.3 is 5.32 Å². The molecule has 106 valence electrons. The molecule has 0 radical (unpaired) electrons. The van der Waals surface area contributed by atoms with Gasteiger partial charge in [-0.05, 0) is 30.2 Å². The van der Waals surface area contributed by atoms with Gasteiger partial charge in [-0.2, -0.15) is 0 Å². The lowest BCUT2D eigenvalue weighted by Gasteiger charge is -2.10. The predicted molar refractivity (Wildman–Crippen MR) is 82.5 cm³/mol. The normalized spacial score (nSPS) is 10.5. The third-order valence-corrected chi connectivity index (χ3v) is 3.38. The average Bonchev–Trinajstić information content (AvgIpc) is 2.90. The molecule has 3 rings (SSSR count). The third-order valence-electron chi connectivity index (χ3n) is 3.38. The number of aryl methyl sites for hydroxylation is 1. The van der Waals surface area contributed by atoms with Crippen LogP contribution in [0.4, 0.5) is 4.79 Å². The first-order valence-electron chi connectivity index (χ1n) is 6.75. The average molecular weight is 280 g/mol. The molecule has 2 aromatic carbocycles. The van der Waals surface area contributed by atoms with Crippen LogP contribution in [0.3, 0.4) is 0 Å². The Morgan fingerprint density at radius 2 is 1.90 bits per heavy atom. The van der Waals surface area contributed by atoms with E-state index in [0.717, 1.165) is 22.2 Å². The number of carbonyl (C=O) groups is 1. The molecule has 2 amide bonds. The van der Waals surface area contributed by atoms with Gasteiger partial charge in [0.2, 0.25) is 0 Å². The van der Waals surface area contributed by atoms with E-state index in [1.807, 2.05) is 55.5 Å². The number of imidazole rings is 1. The van der Waals surface area contributed by atoms with Crippen molar-refractivity contribution in [2.75, 3.05) is 5.43 Å². The van der Waals surface area contributed by atoms with Crippen molar-refractivity contribution < 1.29 is 4.79 Å². The van der Waals surface area contributed by atoms with E-state index in [2.05, 4.69) is 15.7 Å². The monoisotopic (exact) mass is 280 g/mol. The summed E-state index contributed by atoms with van der Waals surface area (Å²) in [5, 5.41) is 2.84. The van der Waals surface area contributed by atoms with Crippen LogP contribution in [-0.4, -0.2) is 15.7 Å². The van der Waals surface area contributed by atoms with E-state index in [1.165, 1.54) is 0 Å². The number of hydrogen-bond acceptors (Lipinski definition) is 2. The summed E-state index contributed by atoms with van der Waals surface area (Å²) in [5.74, 6) is 0. The highest BCUT2D eigenvalue weighted by Gasteiger charge is 2.05. The number of fused-ring (bicyclic) bond motifs is 1. The molecule has 5 nitrogen and oxygen atoms in total. The molecule has 0 aliphatic heterocycles. The minimum atomic E-state index is -0.263. The van der Waals surface area contributed by atoms with Crippen LogP contribution in [0.15, 0.2) is 54.9 Å². The molecule has 3 aromatic rings. The van der Waals surface area contributed by atoms with Gasteiger partial charge in [0.05, 0.1) is 11.0 Å². The minimum Gasteiger partial charge on any atom is -0.333 e. The number of nitrogens with one attached hydrogen (secondary N) is 2. The van der Waals surface area contributed by atoms with Gasteiger partial charge in [-0.25, -0.2) is 19.9 Å². The fourth-order valence-corrected chi connectivity index (χ4v) is 2.18. The second kappa shape index (κ2) is 5.66. The van der Waals surface area contributed by atoms with E-state index in [4.69, 9.17) is 0 Å². The minimum absolute atomic E-state index is 0.263. The van der Waals surface area contributed by atoms with Crippen LogP contribution >= 0.6 is 0 Å². The topological polar surface area (TPSA) is 59.0 Å². The van der Waals surface area contributed by atoms with Crippen LogP contribution < -0.4 is 10.7 Å². The predicted octanol–water partition coefficient (Wildman–Crippen LogP) is 2.80. The number of urea groups is 1. The van der Waals surface area contributed by atoms with E-state index in [-0.39, 0.29) is 6.03 Å². The molecule has 0 fully saturated rings. The number of para-hydroxylation sites is 2. The van der Waals surface area contributed by atoms with Crippen molar-refractivity contribution in [2.24, 2.45) is 0 Å². The standard InChI is InChI=1S/C16H16N4O/c1-12-6-2-3-7-13(12)10-17-16(21)19-20-11-18-14-8-4-5-9-15(14)20/h2-9,11H,10H2,1H3,(H2,17,19,21). The number of aromatic nitrogens is 2. The molecular formula is C16H16N4O. The van der Waals surface area contributed by atoms with Gasteiger partial charge in [-0.1, -0.05) is 36.4 Å². The van der Waals surface area contributed by atoms with Crippen LogP contribution in [0.5, 0.6) is 0 Å². The highest BCUT2D eigenvalue weighted by atomic mass is 16.2. The maximum atomic E-state index is 12.0. The maximum Gasteiger partial charge on any atom is 0.334 e. The van der Waals surface area contributed by atoms with E-state index in [0.29, 0.717) is 6.54 Å². The molecule has 1 aromatic heterocycles. The molecule has 5 heteroatoms. The second-order valence-corrected chi connectivity index (χ2v) is 4.82. The molecule has 0 unspecified atom stereocenters. The first-order chi connectivity index (χ1) is 10.2. The summed E-state index contributed by atoms with van der Waals surface area (Å²) >= 11 is 0. The Balaban J connectivity index is 1.66. The van der Waals surface area contributed by atoms with Crippen LogP contribution in [-0.2, 0) is 6.54 Å². The van der Waals surface area contributed by atoms with E-state index < -0.39 is 0 Å². The smallest absolute Gasteiger partial charge is 0.333 e. The van der Waals surface area contributed by atoms with Crippen molar-refractivity contribution in [1.29, 1.82) is 0 Å². The fourth-order valence-electron chi connectivity index (χ4n) is 2.18. The van der Waals surface area contributed by atoms with Crippen molar-refractivity contribution in [3.05, 3.63) is 66.0 Å². The van der Waals surface area contributed by atoms with Gasteiger partial charge >= 0.3 is 6.03 Å². The number of hydrogen-bond donors (Lipinski definition) is 2. The van der Waals surface area contributed by atoms with Gasteiger partial charge in [0.25, 0.3) is 0 Å². The van der Waals surface area contributed by atoms with Gasteiger partial charge in [-0.3, -0.25) is 0 Å². The summed E-state index contributed by atoms with van der Waals surface area (Å²) < 4.78 is 1.61. The molecule has 0 bridgehead atoms. The lowest BCUT2D eigenvalue weighted by molar-refractivity contribution is 0.249. The lowest BCUT2D eigenvalue weighted by Crippen LogP contribution is -2.33. The summed E-state index contributed by atoms with van der Waals surface area (Å²) in [6.45, 7) is 2.52. The van der Waals surface area contributed by atoms with E-state index in [1.54, 1.807) is 11.0 Å². The Kier molecular flexibility index (Phi) is 3.55. The molecule has 0 saturated carbocycles. The Labute approximate surface area is 122 Å². The summed E-state index contributed by atoms with van der Waals surface area (Å²) in [6.07, 6.45) is 1.60. The highest BCUT2D eigenvalue weighted by Crippen LogP contribution is 2.10. The molecule has 0 aliphatic rings. The highest BCUT2D eigenvalue weighted by molar-refractivity contribution is 5.85. The fraction of sp³-hybridized carbons (Fsp3) is 0.125. The maximum absolute atomic E-state index is 12.0. The molecule has 0 saturated heterocycles. The zero-order chi connectivity index (χ0) is 14.7. The summed E-state index contributed by atoms with van der Waals surface area (Å²) in [4.78, 5) is 16.2. The quantitative estimate of drug-likeness (QED) is 0.775. The molecule has 2 N–H and O–H groups in total. The zero-order valence-electron chi connectivity index (χ0n) is 11.7. The second-order valence-electron chi connectivity index (χ2n) is 4.82. The number of carbonyl (C=O) groups excluding carboxylic acids is 1. The number of benzene rings is 2. The third kappa shape index (κ3) is 2.86. The Hall–Kier alpha value is -2.82. The Morgan fingerprint density at radius 3 is 2.76 bits per heavy atom. The van der Waals surface area contributed by atoms with Gasteiger partial charge in [0.15, 0.2) is 0 Å². The molecule has 0 spiro atoms. The van der Waals surface area contributed by atoms with Crippen molar-refractivity contribution in [2.45, 2.75) is 13.5 Å². The van der Waals surface area contributed by atoms with E-state index in [9.17, 15) is 4.79 Å². The molecular weight excluding hydrogens is 264 g/mol. The number of nitrogens with zero attached hydrogens (tertiary/aromatic N) is 2. The first kappa shape index (κ1) is 13.2. The summed E-state index contributed by atoms with van der Waals surface area (Å²) in [5.41, 5.74) is 6.73. The summed E-state index contributed by atoms with van der Waals surface area (Å²) in [6, 6.07) is 15.3. The largest absolute Gasteiger partial charge is 0.334 e. The van der Waals surface area contributed by atoms with Crippen LogP contribution in [0, 0.1) is 6.92 Å². The van der Waals surface area contributed by atoms with Crippen LogP contribution in [0.25, 0.3) is 11.0 Å². The molecule has 0 aliphatic carbocycles. The Morgan fingerprint density at radius 1 is 1.14 bits per heavy atom. The molecule has 0 atom stereocenters. The SMILES string of the molecule is Cc1ccccc1CNC(=O)Nn1cnc2ccccc21. The van der Waals surface area contributed by atoms with Gasteiger partial charge in [0.1, 0.15) is 6.33 Å². The molecule has 1 heterocycles. The van der Waals surface area contributed by atoms with E-state index >= 15 is 0 Å². The lowest BCUT2D eigenvalue weighted by atomic mass is 10.1.